The second-order valence-electron chi connectivity index (χ2n) is 10.3. The van der Waals surface area contributed by atoms with Gasteiger partial charge in [0, 0.05) is 36.0 Å². The van der Waals surface area contributed by atoms with Crippen molar-refractivity contribution in [1.29, 1.82) is 0 Å². The maximum atomic E-state index is 15.0. The molecule has 1 unspecified atom stereocenters. The predicted molar refractivity (Wildman–Crippen MR) is 145 cm³/mol. The molecule has 1 aliphatic heterocycles. The largest absolute Gasteiger partial charge is 0.390 e. The number of piperidine rings is 1. The van der Waals surface area contributed by atoms with Crippen LogP contribution in [0.25, 0.3) is 11.3 Å². The summed E-state index contributed by atoms with van der Waals surface area (Å²) in [5.41, 5.74) is -1.67. The van der Waals surface area contributed by atoms with Gasteiger partial charge in [0.05, 0.1) is 47.1 Å². The first-order valence-electron chi connectivity index (χ1n) is 13.1. The van der Waals surface area contributed by atoms with Crippen molar-refractivity contribution in [2.75, 3.05) is 16.8 Å². The highest BCUT2D eigenvalue weighted by Crippen LogP contribution is 2.47. The van der Waals surface area contributed by atoms with Crippen LogP contribution in [0.1, 0.15) is 53.1 Å². The Balaban J connectivity index is 1.22. The van der Waals surface area contributed by atoms with Crippen molar-refractivity contribution in [2.24, 2.45) is 11.8 Å². The van der Waals surface area contributed by atoms with Crippen molar-refractivity contribution >= 4 is 34.9 Å². The minimum Gasteiger partial charge on any atom is -0.390 e. The molecule has 6 rings (SSSR count). The van der Waals surface area contributed by atoms with Crippen molar-refractivity contribution in [3.63, 3.8) is 0 Å². The van der Waals surface area contributed by atoms with Crippen LogP contribution >= 0.6 is 11.6 Å². The van der Waals surface area contributed by atoms with E-state index in [-0.39, 0.29) is 40.6 Å². The number of rotatable bonds is 8. The van der Waals surface area contributed by atoms with Crippen molar-refractivity contribution in [3.8, 4) is 11.3 Å². The van der Waals surface area contributed by atoms with Gasteiger partial charge in [-0.15, -0.1) is 0 Å². The highest BCUT2D eigenvalue weighted by Gasteiger charge is 2.53. The maximum absolute atomic E-state index is 15.0. The molecule has 4 heterocycles. The number of carbonyl (C=O) groups is 2. The third-order valence-corrected chi connectivity index (χ3v) is 7.88. The molecular formula is C28H22ClF4N7O3. The molecule has 0 radical (unpaired) electrons. The molecule has 0 spiro atoms. The normalized spacial score (nSPS) is 18.2. The standard InChI is InChI=1S/C28H22ClF4N7O3/c1-12(13-5-19(30)26(35-6-13)39-9-14-4-17(14)28(39)43)40-10-15(7-36-40)37-27(42)24-21(11-41)34-8-20(38-24)22-16(25(32)33)2-3-18(29)23(22)31/h2-3,5-8,10,12,14,17,25,41H,4,9,11H2,1H3,(H,37,42)/t12?,14-,17-/m1/s1. The lowest BCUT2D eigenvalue weighted by Gasteiger charge is -2.19. The van der Waals surface area contributed by atoms with E-state index in [1.54, 1.807) is 6.92 Å². The molecule has 1 saturated heterocycles. The number of halogens is 5. The average molecular weight is 616 g/mol. The van der Waals surface area contributed by atoms with Gasteiger partial charge < -0.3 is 10.4 Å². The minimum absolute atomic E-state index is 0.0112. The third kappa shape index (κ3) is 5.20. The summed E-state index contributed by atoms with van der Waals surface area (Å²) in [5, 5.41) is 16.0. The number of benzene rings is 1. The smallest absolute Gasteiger partial charge is 0.276 e. The van der Waals surface area contributed by atoms with Gasteiger partial charge >= 0.3 is 0 Å². The molecule has 15 heteroatoms. The van der Waals surface area contributed by atoms with Crippen LogP contribution < -0.4 is 10.2 Å². The van der Waals surface area contributed by atoms with E-state index in [9.17, 15) is 32.3 Å². The van der Waals surface area contributed by atoms with Crippen LogP contribution in [0.2, 0.25) is 5.02 Å². The lowest BCUT2D eigenvalue weighted by Crippen LogP contribution is -2.29. The minimum atomic E-state index is -3.07. The lowest BCUT2D eigenvalue weighted by molar-refractivity contribution is -0.118. The fraction of sp³-hybridized carbons (Fsp3) is 0.286. The van der Waals surface area contributed by atoms with Gasteiger partial charge in [0.2, 0.25) is 5.91 Å². The number of fused-ring (bicyclic) bond motifs is 1. The number of hydrogen-bond donors (Lipinski definition) is 2. The first kappa shape index (κ1) is 28.7. The van der Waals surface area contributed by atoms with Gasteiger partial charge in [0.1, 0.15) is 0 Å². The molecule has 1 aliphatic carbocycles. The Kier molecular flexibility index (Phi) is 7.34. The summed E-state index contributed by atoms with van der Waals surface area (Å²) in [6.07, 6.45) is 2.94. The summed E-state index contributed by atoms with van der Waals surface area (Å²) in [6.45, 7) is 1.46. The monoisotopic (exact) mass is 615 g/mol. The second kappa shape index (κ2) is 11.0. The van der Waals surface area contributed by atoms with E-state index < -0.39 is 58.5 Å². The van der Waals surface area contributed by atoms with E-state index in [4.69, 9.17) is 11.6 Å². The molecule has 43 heavy (non-hydrogen) atoms. The number of amides is 2. The molecule has 10 nitrogen and oxygen atoms in total. The summed E-state index contributed by atoms with van der Waals surface area (Å²) in [4.78, 5) is 39.0. The molecule has 2 N–H and O–H groups in total. The molecule has 2 fully saturated rings. The number of aromatic nitrogens is 5. The van der Waals surface area contributed by atoms with E-state index in [1.165, 1.54) is 34.2 Å². The number of hydrogen-bond acceptors (Lipinski definition) is 7. The Labute approximate surface area is 246 Å². The van der Waals surface area contributed by atoms with Gasteiger partial charge in [-0.05, 0) is 37.0 Å². The van der Waals surface area contributed by atoms with Crippen LogP contribution in [0.3, 0.4) is 0 Å². The van der Waals surface area contributed by atoms with Crippen LogP contribution in [-0.2, 0) is 11.4 Å². The summed E-state index contributed by atoms with van der Waals surface area (Å²) in [7, 11) is 0. The highest BCUT2D eigenvalue weighted by atomic mass is 35.5. The molecule has 3 atom stereocenters. The van der Waals surface area contributed by atoms with Gasteiger partial charge in [0.25, 0.3) is 12.3 Å². The van der Waals surface area contributed by atoms with Gasteiger partial charge in [-0.2, -0.15) is 5.10 Å². The second-order valence-corrected chi connectivity index (χ2v) is 10.7. The number of nitrogens with one attached hydrogen (secondary N) is 1. The topological polar surface area (TPSA) is 126 Å². The third-order valence-electron chi connectivity index (χ3n) is 7.59. The fourth-order valence-corrected chi connectivity index (χ4v) is 5.29. The van der Waals surface area contributed by atoms with E-state index in [2.05, 4.69) is 25.4 Å². The average Bonchev–Trinajstić information content (AvgIpc) is 3.49. The van der Waals surface area contributed by atoms with Crippen LogP contribution in [0.4, 0.5) is 29.1 Å². The zero-order valence-corrected chi connectivity index (χ0v) is 23.1. The number of nitrogens with zero attached hydrogens (tertiary/aromatic N) is 6. The molecule has 2 aliphatic rings. The Morgan fingerprint density at radius 1 is 1.21 bits per heavy atom. The predicted octanol–water partition coefficient (Wildman–Crippen LogP) is 4.94. The van der Waals surface area contributed by atoms with Crippen molar-refractivity contribution in [2.45, 2.75) is 32.4 Å². The van der Waals surface area contributed by atoms with Crippen molar-refractivity contribution < 1.29 is 32.3 Å². The van der Waals surface area contributed by atoms with Gasteiger partial charge in [0.15, 0.2) is 23.1 Å². The fourth-order valence-electron chi connectivity index (χ4n) is 5.14. The number of carbonyl (C=O) groups excluding carboxylic acids is 2. The summed E-state index contributed by atoms with van der Waals surface area (Å²) in [6, 6.07) is 2.69. The first-order valence-corrected chi connectivity index (χ1v) is 13.5. The molecule has 4 aromatic rings. The molecular weight excluding hydrogens is 594 g/mol. The Hall–Kier alpha value is -4.43. The Bertz CT molecular complexity index is 1770. The highest BCUT2D eigenvalue weighted by molar-refractivity contribution is 6.31. The van der Waals surface area contributed by atoms with Gasteiger partial charge in [-0.3, -0.25) is 24.2 Å². The van der Waals surface area contributed by atoms with E-state index in [0.29, 0.717) is 12.1 Å². The van der Waals surface area contributed by atoms with Gasteiger partial charge in [-0.25, -0.2) is 27.5 Å². The van der Waals surface area contributed by atoms with Crippen LogP contribution in [0.15, 0.2) is 43.0 Å². The van der Waals surface area contributed by atoms with Crippen molar-refractivity contribution in [3.05, 3.63) is 82.2 Å². The maximum Gasteiger partial charge on any atom is 0.276 e. The summed E-state index contributed by atoms with van der Waals surface area (Å²) < 4.78 is 58.4. The van der Waals surface area contributed by atoms with Gasteiger partial charge in [-0.1, -0.05) is 17.7 Å². The molecule has 3 aromatic heterocycles. The Morgan fingerprint density at radius 3 is 2.67 bits per heavy atom. The number of aliphatic hydroxyl groups excluding tert-OH is 1. The SMILES string of the molecule is CC(c1cnc(N2C[C@H]3C[C@H]3C2=O)c(F)c1)n1cc(NC(=O)c2nc(-c3c(C(F)F)ccc(Cl)c3F)cnc2CO)cn1. The van der Waals surface area contributed by atoms with Crippen LogP contribution in [-0.4, -0.2) is 48.2 Å². The van der Waals surface area contributed by atoms with Crippen LogP contribution in [0, 0.1) is 23.5 Å². The number of alkyl halides is 2. The lowest BCUT2D eigenvalue weighted by atomic mass is 10.0. The molecule has 2 amide bonds. The van der Waals surface area contributed by atoms with E-state index in [1.807, 2.05) is 0 Å². The first-order chi connectivity index (χ1) is 20.6. The number of aliphatic hydroxyl groups is 1. The summed E-state index contributed by atoms with van der Waals surface area (Å²) >= 11 is 5.80. The molecule has 0 bridgehead atoms. The van der Waals surface area contributed by atoms with E-state index >= 15 is 0 Å². The van der Waals surface area contributed by atoms with Crippen LogP contribution in [0.5, 0.6) is 0 Å². The number of pyridine rings is 1. The number of anilines is 2. The van der Waals surface area contributed by atoms with E-state index in [0.717, 1.165) is 24.8 Å². The molecule has 1 saturated carbocycles. The zero-order valence-electron chi connectivity index (χ0n) is 22.3. The Morgan fingerprint density at radius 2 is 2.00 bits per heavy atom. The quantitative estimate of drug-likeness (QED) is 0.269. The zero-order chi connectivity index (χ0) is 30.6. The summed E-state index contributed by atoms with van der Waals surface area (Å²) in [5.74, 6) is -2.57. The van der Waals surface area contributed by atoms with Crippen molar-refractivity contribution in [1.82, 2.24) is 24.7 Å². The molecule has 222 valence electrons. The molecule has 1 aromatic carbocycles.